The Labute approximate surface area is 200 Å². The van der Waals surface area contributed by atoms with Crippen molar-refractivity contribution in [3.05, 3.63) is 53.1 Å². The van der Waals surface area contributed by atoms with Gasteiger partial charge in [0.1, 0.15) is 17.4 Å². The highest BCUT2D eigenvalue weighted by atomic mass is 19.4. The summed E-state index contributed by atoms with van der Waals surface area (Å²) in [5, 5.41) is 10.4. The van der Waals surface area contributed by atoms with Gasteiger partial charge in [-0.05, 0) is 25.0 Å². The third-order valence-corrected chi connectivity index (χ3v) is 5.88. The van der Waals surface area contributed by atoms with Crippen LogP contribution < -0.4 is 20.3 Å². The minimum Gasteiger partial charge on any atom is -0.481 e. The zero-order valence-electron chi connectivity index (χ0n) is 19.8. The molecule has 0 bridgehead atoms. The van der Waals surface area contributed by atoms with Crippen molar-refractivity contribution in [2.45, 2.75) is 45.6 Å². The molecule has 0 aromatic carbocycles. The molecule has 0 radical (unpaired) electrons. The number of likely N-dealkylation sites (N-methyl/N-ethyl adjacent to an activating group) is 1. The van der Waals surface area contributed by atoms with Crippen molar-refractivity contribution in [2.24, 2.45) is 0 Å². The highest BCUT2D eigenvalue weighted by Gasteiger charge is 2.35. The number of aromatic nitrogens is 4. The normalized spacial score (nSPS) is 15.6. The minimum atomic E-state index is -4.57. The van der Waals surface area contributed by atoms with Crippen LogP contribution in [0.15, 0.2) is 30.7 Å². The van der Waals surface area contributed by atoms with Gasteiger partial charge in [0.2, 0.25) is 11.8 Å². The van der Waals surface area contributed by atoms with Crippen LogP contribution in [0.5, 0.6) is 5.88 Å². The number of nitrogens with zero attached hydrogens (tertiary/aromatic N) is 5. The van der Waals surface area contributed by atoms with E-state index in [1.165, 1.54) is 6.20 Å². The van der Waals surface area contributed by atoms with E-state index in [2.05, 4.69) is 25.7 Å². The Morgan fingerprint density at radius 1 is 1.23 bits per heavy atom. The number of methoxy groups -OCH3 is 1. The zero-order chi connectivity index (χ0) is 25.3. The van der Waals surface area contributed by atoms with Crippen molar-refractivity contribution in [3.63, 3.8) is 0 Å². The van der Waals surface area contributed by atoms with Crippen molar-refractivity contribution >= 4 is 23.1 Å². The molecule has 9 nitrogen and oxygen atoms in total. The van der Waals surface area contributed by atoms with E-state index in [4.69, 9.17) is 4.74 Å². The number of carbonyl (C=O) groups is 1. The number of hydrogen-bond donors (Lipinski definition) is 2. The standard InChI is InChI=1S/C23H26F3N7O2/c1-5-17-21(34)31-20-13(2)30-19(7-18(20)32(17)3)27-9-15-10-29-33(12-15)11-14-6-16(23(24,25)26)22(35-4)28-8-14/h6-8,10,12,17H,5,9,11H2,1-4H3,(H,27,30)(H,31,34)/t17-/m0/s1. The first-order chi connectivity index (χ1) is 16.6. The maximum Gasteiger partial charge on any atom is 0.421 e. The number of ether oxygens (including phenoxy) is 1. The molecule has 35 heavy (non-hydrogen) atoms. The van der Waals surface area contributed by atoms with E-state index < -0.39 is 17.6 Å². The quantitative estimate of drug-likeness (QED) is 0.521. The summed E-state index contributed by atoms with van der Waals surface area (Å²) in [7, 11) is 3.04. The molecule has 0 spiro atoms. The molecule has 1 atom stereocenters. The number of nitrogens with one attached hydrogen (secondary N) is 2. The molecular weight excluding hydrogens is 463 g/mol. The number of amides is 1. The average molecular weight is 490 g/mol. The van der Waals surface area contributed by atoms with E-state index in [9.17, 15) is 18.0 Å². The fraction of sp³-hybridized carbons (Fsp3) is 0.391. The predicted molar refractivity (Wildman–Crippen MR) is 125 cm³/mol. The van der Waals surface area contributed by atoms with Gasteiger partial charge in [0, 0.05) is 37.6 Å². The van der Waals surface area contributed by atoms with Crippen LogP contribution in [0.1, 0.15) is 35.7 Å². The number of anilines is 3. The average Bonchev–Trinajstić information content (AvgIpc) is 3.25. The molecule has 0 aliphatic carbocycles. The Bertz CT molecular complexity index is 1240. The third-order valence-electron chi connectivity index (χ3n) is 5.88. The van der Waals surface area contributed by atoms with Gasteiger partial charge in [0.15, 0.2) is 0 Å². The summed E-state index contributed by atoms with van der Waals surface area (Å²) in [5.74, 6) is 0.130. The first kappa shape index (κ1) is 24.3. The molecule has 1 aliphatic rings. The van der Waals surface area contributed by atoms with E-state index in [0.29, 0.717) is 35.7 Å². The number of fused-ring (bicyclic) bond motifs is 1. The van der Waals surface area contributed by atoms with Gasteiger partial charge in [0.25, 0.3) is 0 Å². The number of rotatable bonds is 7. The lowest BCUT2D eigenvalue weighted by molar-refractivity contribution is -0.139. The Balaban J connectivity index is 1.46. The number of alkyl halides is 3. The van der Waals surface area contributed by atoms with Gasteiger partial charge in [-0.2, -0.15) is 18.3 Å². The molecule has 4 rings (SSSR count). The SMILES string of the molecule is CC[C@H]1C(=O)Nc2c(cc(NCc3cnn(Cc4cnc(OC)c(C(F)(F)F)c4)c3)nc2C)N1C. The molecule has 186 valence electrons. The second kappa shape index (κ2) is 9.43. The Morgan fingerprint density at radius 3 is 2.69 bits per heavy atom. The number of hydrogen-bond acceptors (Lipinski definition) is 7. The molecule has 2 N–H and O–H groups in total. The maximum atomic E-state index is 13.3. The van der Waals surface area contributed by atoms with Crippen molar-refractivity contribution < 1.29 is 22.7 Å². The summed E-state index contributed by atoms with van der Waals surface area (Å²) in [6.07, 6.45) is 0.835. The number of pyridine rings is 2. The van der Waals surface area contributed by atoms with Crippen LogP contribution in [0.4, 0.5) is 30.4 Å². The summed E-state index contributed by atoms with van der Waals surface area (Å²) in [4.78, 5) is 22.6. The molecule has 12 heteroatoms. The van der Waals surface area contributed by atoms with Crippen LogP contribution in [-0.2, 0) is 24.1 Å². The molecule has 1 amide bonds. The fourth-order valence-electron chi connectivity index (χ4n) is 4.10. The predicted octanol–water partition coefficient (Wildman–Crippen LogP) is 3.84. The van der Waals surface area contributed by atoms with Crippen LogP contribution in [0.3, 0.4) is 0 Å². The zero-order valence-corrected chi connectivity index (χ0v) is 19.8. The fourth-order valence-corrected chi connectivity index (χ4v) is 4.10. The number of halogens is 3. The van der Waals surface area contributed by atoms with Crippen molar-refractivity contribution in [1.29, 1.82) is 0 Å². The summed E-state index contributed by atoms with van der Waals surface area (Å²) in [6, 6.07) is 2.65. The number of carbonyl (C=O) groups excluding carboxylic acids is 1. The highest BCUT2D eigenvalue weighted by molar-refractivity contribution is 6.04. The van der Waals surface area contributed by atoms with Crippen molar-refractivity contribution in [1.82, 2.24) is 19.7 Å². The highest BCUT2D eigenvalue weighted by Crippen LogP contribution is 2.36. The van der Waals surface area contributed by atoms with E-state index in [1.54, 1.807) is 17.1 Å². The lowest BCUT2D eigenvalue weighted by Gasteiger charge is -2.35. The molecule has 4 heterocycles. The van der Waals surface area contributed by atoms with E-state index in [1.807, 2.05) is 31.9 Å². The van der Waals surface area contributed by atoms with Gasteiger partial charge < -0.3 is 20.3 Å². The van der Waals surface area contributed by atoms with Crippen LogP contribution >= 0.6 is 0 Å². The second-order valence-corrected chi connectivity index (χ2v) is 8.31. The smallest absolute Gasteiger partial charge is 0.421 e. The van der Waals surface area contributed by atoms with Gasteiger partial charge in [-0.15, -0.1) is 0 Å². The van der Waals surface area contributed by atoms with E-state index in [0.717, 1.165) is 24.4 Å². The van der Waals surface area contributed by atoms with Gasteiger partial charge in [-0.1, -0.05) is 6.92 Å². The molecule has 0 saturated carbocycles. The molecular formula is C23H26F3N7O2. The van der Waals surface area contributed by atoms with Crippen molar-refractivity contribution in [3.8, 4) is 5.88 Å². The molecule has 0 unspecified atom stereocenters. The topological polar surface area (TPSA) is 97.2 Å². The molecule has 3 aromatic rings. The third kappa shape index (κ3) is 5.00. The van der Waals surface area contributed by atoms with Gasteiger partial charge in [-0.25, -0.2) is 9.97 Å². The monoisotopic (exact) mass is 489 g/mol. The first-order valence-electron chi connectivity index (χ1n) is 11.0. The molecule has 0 fully saturated rings. The Morgan fingerprint density at radius 2 is 2.00 bits per heavy atom. The first-order valence-corrected chi connectivity index (χ1v) is 11.0. The van der Waals surface area contributed by atoms with Crippen LogP contribution in [0, 0.1) is 6.92 Å². The molecule has 3 aromatic heterocycles. The summed E-state index contributed by atoms with van der Waals surface area (Å²) in [6.45, 7) is 4.33. The second-order valence-electron chi connectivity index (χ2n) is 8.31. The lowest BCUT2D eigenvalue weighted by Crippen LogP contribution is -2.45. The van der Waals surface area contributed by atoms with Crippen molar-refractivity contribution in [2.75, 3.05) is 29.7 Å². The molecule has 0 saturated heterocycles. The summed E-state index contributed by atoms with van der Waals surface area (Å²) >= 11 is 0. The molecule has 1 aliphatic heterocycles. The summed E-state index contributed by atoms with van der Waals surface area (Å²) in [5.41, 5.74) is 2.53. The number of aryl methyl sites for hydroxylation is 1. The Hall–Kier alpha value is -3.83. The lowest BCUT2D eigenvalue weighted by atomic mass is 10.1. The van der Waals surface area contributed by atoms with Crippen LogP contribution in [0.25, 0.3) is 0 Å². The Kier molecular flexibility index (Phi) is 6.55. The van der Waals surface area contributed by atoms with E-state index >= 15 is 0 Å². The van der Waals surface area contributed by atoms with E-state index in [-0.39, 0.29) is 18.5 Å². The summed E-state index contributed by atoms with van der Waals surface area (Å²) < 4.78 is 46.0. The maximum absolute atomic E-state index is 13.3. The van der Waals surface area contributed by atoms with Gasteiger partial charge >= 0.3 is 6.18 Å². The van der Waals surface area contributed by atoms with Crippen LogP contribution in [0.2, 0.25) is 0 Å². The van der Waals surface area contributed by atoms with Crippen LogP contribution in [-0.4, -0.2) is 45.9 Å². The van der Waals surface area contributed by atoms with Gasteiger partial charge in [0.05, 0.1) is 36.9 Å². The van der Waals surface area contributed by atoms with Gasteiger partial charge in [-0.3, -0.25) is 9.48 Å². The minimum absolute atomic E-state index is 0.0464. The largest absolute Gasteiger partial charge is 0.481 e.